The molecule has 2 fully saturated rings. The zero-order valence-corrected chi connectivity index (χ0v) is 8.24. The lowest BCUT2D eigenvalue weighted by Crippen LogP contribution is -2.68. The molecule has 2 aliphatic rings. The van der Waals surface area contributed by atoms with Crippen molar-refractivity contribution in [1.29, 1.82) is 0 Å². The molecule has 0 aromatic carbocycles. The Labute approximate surface area is 85.9 Å². The van der Waals surface area contributed by atoms with Crippen LogP contribution in [0.15, 0.2) is 0 Å². The summed E-state index contributed by atoms with van der Waals surface area (Å²) in [5.41, 5.74) is -0.571. The van der Waals surface area contributed by atoms with Crippen LogP contribution in [-0.2, 0) is 23.9 Å². The molecule has 0 aromatic heterocycles. The van der Waals surface area contributed by atoms with Gasteiger partial charge >= 0.3 is 5.97 Å². The second-order valence-corrected chi connectivity index (χ2v) is 3.86. The molecule has 0 aromatic rings. The number of ketones is 1. The lowest BCUT2D eigenvalue weighted by Gasteiger charge is -2.45. The fourth-order valence-electron chi connectivity index (χ4n) is 1.84. The fourth-order valence-corrected chi connectivity index (χ4v) is 1.84. The lowest BCUT2D eigenvalue weighted by molar-refractivity contribution is -0.164. The van der Waals surface area contributed by atoms with E-state index in [0.717, 1.165) is 7.11 Å². The Morgan fingerprint density at radius 2 is 2.20 bits per heavy atom. The predicted octanol–water partition coefficient (Wildman–Crippen LogP) is -1.37. The van der Waals surface area contributed by atoms with Crippen molar-refractivity contribution < 1.29 is 23.9 Å². The van der Waals surface area contributed by atoms with Gasteiger partial charge in [0.2, 0.25) is 5.91 Å². The Morgan fingerprint density at radius 1 is 1.53 bits per heavy atom. The Hall–Kier alpha value is -1.43. The number of hydrogen-bond acceptors (Lipinski definition) is 5. The van der Waals surface area contributed by atoms with Crippen molar-refractivity contribution in [3.8, 4) is 0 Å². The number of carbonyl (C=O) groups is 3. The number of carbonyl (C=O) groups excluding carboxylic acids is 3. The van der Waals surface area contributed by atoms with Gasteiger partial charge in [-0.15, -0.1) is 0 Å². The molecule has 82 valence electrons. The number of piperidine rings is 1. The summed E-state index contributed by atoms with van der Waals surface area (Å²) in [7, 11) is 1.15. The molecule has 1 unspecified atom stereocenters. The van der Waals surface area contributed by atoms with E-state index in [9.17, 15) is 14.4 Å². The molecule has 2 saturated heterocycles. The van der Waals surface area contributed by atoms with Crippen LogP contribution in [0.4, 0.5) is 0 Å². The molecule has 6 heteroatoms. The Kier molecular flexibility index (Phi) is 2.22. The molecule has 1 atom stereocenters. The number of amides is 1. The van der Waals surface area contributed by atoms with E-state index in [4.69, 9.17) is 4.74 Å². The van der Waals surface area contributed by atoms with Gasteiger partial charge in [-0.2, -0.15) is 0 Å². The normalized spacial score (nSPS) is 28.2. The highest BCUT2D eigenvalue weighted by Gasteiger charge is 2.51. The largest absolute Gasteiger partial charge is 0.468 e. The van der Waals surface area contributed by atoms with Gasteiger partial charge in [-0.25, -0.2) is 0 Å². The highest BCUT2D eigenvalue weighted by molar-refractivity contribution is 6.18. The SMILES string of the molecule is COC(=O)C1C(=O)CC2(COC2)NC1=O. The summed E-state index contributed by atoms with van der Waals surface area (Å²) in [6.45, 7) is 0.663. The maximum atomic E-state index is 11.6. The molecule has 0 bridgehead atoms. The Balaban J connectivity index is 2.14. The number of hydrogen-bond donors (Lipinski definition) is 1. The molecule has 2 heterocycles. The molecule has 0 saturated carbocycles. The first-order valence-corrected chi connectivity index (χ1v) is 4.58. The number of ether oxygens (including phenoxy) is 2. The minimum absolute atomic E-state index is 0.137. The minimum atomic E-state index is -1.30. The average Bonchev–Trinajstić information content (AvgIpc) is 2.13. The molecule has 2 rings (SSSR count). The van der Waals surface area contributed by atoms with Crippen LogP contribution in [0.5, 0.6) is 0 Å². The predicted molar refractivity (Wildman–Crippen MR) is 46.8 cm³/mol. The van der Waals surface area contributed by atoms with E-state index in [2.05, 4.69) is 10.1 Å². The second-order valence-electron chi connectivity index (χ2n) is 3.86. The van der Waals surface area contributed by atoms with Gasteiger partial charge < -0.3 is 14.8 Å². The van der Waals surface area contributed by atoms with Crippen molar-refractivity contribution in [2.45, 2.75) is 12.0 Å². The van der Waals surface area contributed by atoms with E-state index in [1.165, 1.54) is 0 Å². The summed E-state index contributed by atoms with van der Waals surface area (Å²) < 4.78 is 9.35. The highest BCUT2D eigenvalue weighted by atomic mass is 16.5. The van der Waals surface area contributed by atoms with E-state index < -0.39 is 29.1 Å². The maximum absolute atomic E-state index is 11.6. The van der Waals surface area contributed by atoms with Crippen LogP contribution in [0.25, 0.3) is 0 Å². The number of rotatable bonds is 1. The zero-order valence-electron chi connectivity index (χ0n) is 8.24. The quantitative estimate of drug-likeness (QED) is 0.429. The van der Waals surface area contributed by atoms with Crippen LogP contribution >= 0.6 is 0 Å². The molecular formula is C9H11NO5. The van der Waals surface area contributed by atoms with Gasteiger partial charge in [-0.3, -0.25) is 14.4 Å². The highest BCUT2D eigenvalue weighted by Crippen LogP contribution is 2.28. The third kappa shape index (κ3) is 1.50. The van der Waals surface area contributed by atoms with Gasteiger partial charge in [0, 0.05) is 6.42 Å². The summed E-state index contributed by atoms with van der Waals surface area (Å²) in [6.07, 6.45) is 0.137. The minimum Gasteiger partial charge on any atom is -0.468 e. The molecule has 1 N–H and O–H groups in total. The van der Waals surface area contributed by atoms with Crippen molar-refractivity contribution >= 4 is 17.7 Å². The Bertz CT molecular complexity index is 313. The molecule has 0 aliphatic carbocycles. The third-order valence-electron chi connectivity index (χ3n) is 2.68. The van der Waals surface area contributed by atoms with Gasteiger partial charge in [0.1, 0.15) is 0 Å². The number of methoxy groups -OCH3 is 1. The number of esters is 1. The number of nitrogens with one attached hydrogen (secondary N) is 1. The first-order chi connectivity index (χ1) is 7.08. The van der Waals surface area contributed by atoms with Crippen LogP contribution in [0.3, 0.4) is 0 Å². The first-order valence-electron chi connectivity index (χ1n) is 4.58. The molecular weight excluding hydrogens is 202 g/mol. The smallest absolute Gasteiger partial charge is 0.325 e. The maximum Gasteiger partial charge on any atom is 0.325 e. The van der Waals surface area contributed by atoms with Crippen LogP contribution in [0, 0.1) is 5.92 Å². The molecule has 15 heavy (non-hydrogen) atoms. The molecule has 6 nitrogen and oxygen atoms in total. The van der Waals surface area contributed by atoms with Crippen molar-refractivity contribution in [2.24, 2.45) is 5.92 Å². The topological polar surface area (TPSA) is 81.7 Å². The molecule has 2 aliphatic heterocycles. The van der Waals surface area contributed by atoms with Crippen molar-refractivity contribution in [1.82, 2.24) is 5.32 Å². The third-order valence-corrected chi connectivity index (χ3v) is 2.68. The van der Waals surface area contributed by atoms with E-state index >= 15 is 0 Å². The van der Waals surface area contributed by atoms with Crippen LogP contribution in [0.1, 0.15) is 6.42 Å². The van der Waals surface area contributed by atoms with Crippen LogP contribution < -0.4 is 5.32 Å². The van der Waals surface area contributed by atoms with Crippen LogP contribution in [0.2, 0.25) is 0 Å². The summed E-state index contributed by atoms with van der Waals surface area (Å²) >= 11 is 0. The van der Waals surface area contributed by atoms with Gasteiger partial charge in [0.05, 0.1) is 25.9 Å². The molecule has 1 amide bonds. The Morgan fingerprint density at radius 3 is 2.60 bits per heavy atom. The summed E-state index contributed by atoms with van der Waals surface area (Å²) in [4.78, 5) is 34.3. The van der Waals surface area contributed by atoms with Gasteiger partial charge in [0.25, 0.3) is 0 Å². The zero-order chi connectivity index (χ0) is 11.1. The van der Waals surface area contributed by atoms with Crippen molar-refractivity contribution in [3.05, 3.63) is 0 Å². The van der Waals surface area contributed by atoms with Crippen molar-refractivity contribution in [3.63, 3.8) is 0 Å². The monoisotopic (exact) mass is 213 g/mol. The lowest BCUT2D eigenvalue weighted by atomic mass is 9.81. The van der Waals surface area contributed by atoms with Crippen LogP contribution in [-0.4, -0.2) is 43.5 Å². The average molecular weight is 213 g/mol. The van der Waals surface area contributed by atoms with Gasteiger partial charge in [-0.05, 0) is 0 Å². The van der Waals surface area contributed by atoms with E-state index in [0.29, 0.717) is 13.2 Å². The van der Waals surface area contributed by atoms with E-state index in [-0.39, 0.29) is 6.42 Å². The van der Waals surface area contributed by atoms with Gasteiger partial charge in [-0.1, -0.05) is 0 Å². The van der Waals surface area contributed by atoms with E-state index in [1.807, 2.05) is 0 Å². The first kappa shape index (κ1) is 10.1. The summed E-state index contributed by atoms with van der Waals surface area (Å²) in [5.74, 6) is -3.08. The standard InChI is InChI=1S/C9H11NO5/c1-14-8(13)6-5(11)2-9(3-15-4-9)10-7(6)12/h6H,2-4H2,1H3,(H,10,12). The number of Topliss-reactive ketones (excluding diaryl/α,β-unsaturated/α-hetero) is 1. The van der Waals surface area contributed by atoms with Gasteiger partial charge in [0.15, 0.2) is 11.7 Å². The summed E-state index contributed by atoms with van der Waals surface area (Å²) in [6, 6.07) is 0. The molecule has 0 radical (unpaired) electrons. The van der Waals surface area contributed by atoms with Crippen molar-refractivity contribution in [2.75, 3.05) is 20.3 Å². The van der Waals surface area contributed by atoms with E-state index in [1.54, 1.807) is 0 Å². The second kappa shape index (κ2) is 3.30. The summed E-state index contributed by atoms with van der Waals surface area (Å²) in [5, 5.41) is 2.64. The molecule has 1 spiro atoms. The fraction of sp³-hybridized carbons (Fsp3) is 0.667.